The number of nitrogens with zero attached hydrogens (tertiary/aromatic N) is 9. The van der Waals surface area contributed by atoms with Crippen LogP contribution in [0.2, 0.25) is 0 Å². The molecule has 0 radical (unpaired) electrons. The van der Waals surface area contributed by atoms with E-state index in [2.05, 4.69) is 344 Å². The van der Waals surface area contributed by atoms with Crippen molar-refractivity contribution in [1.82, 2.24) is 42.4 Å². The summed E-state index contributed by atoms with van der Waals surface area (Å²) in [5, 5.41) is 23.7. The third-order valence-corrected chi connectivity index (χ3v) is 23.1. The maximum Gasteiger partial charge on any atom is 0.237 e. The maximum absolute atomic E-state index is 5.79. The van der Waals surface area contributed by atoms with E-state index in [1.807, 2.05) is 0 Å². The van der Waals surface area contributed by atoms with E-state index in [1.54, 1.807) is 0 Å². The molecule has 9 nitrogen and oxygen atoms in total. The van der Waals surface area contributed by atoms with Crippen LogP contribution in [0.25, 0.3) is 236 Å². The standard InChI is InChI=1S/C96H53N9/c1-2-23-61-55(20-1)45-48-81-85(61)89-83(52-71-65-26-7-13-34-75(65)101-79-38-17-9-30-69(79)87(89)91(71)101)103(81)94-67-28-3-11-32-73(67)97-93(99-94)56-42-40-54(41-43-56)57-21-19-22-58(50-57)59-44-47-62-60(51-59)46-49-82-86(62)90-84(53-72-66-27-8-14-35-76(66)102-80-39-18-10-31-70(80)88(90)92(72)102)104(82)95-68-29-4-12-33-74(68)98-96(100-95)105-77-36-15-5-24-63(77)64-25-6-16-37-78(64)105/h1-53H. The van der Waals surface area contributed by atoms with Crippen molar-refractivity contribution in [2.75, 3.05) is 0 Å². The van der Waals surface area contributed by atoms with Gasteiger partial charge in [0.25, 0.3) is 0 Å². The first-order valence-electron chi connectivity index (χ1n) is 35.9. The lowest BCUT2D eigenvalue weighted by molar-refractivity contribution is 0.973. The summed E-state index contributed by atoms with van der Waals surface area (Å²) in [5.41, 5.74) is 21.0. The van der Waals surface area contributed by atoms with Crippen molar-refractivity contribution in [1.29, 1.82) is 0 Å². The van der Waals surface area contributed by atoms with Crippen LogP contribution in [0.15, 0.2) is 322 Å². The molecule has 482 valence electrons. The van der Waals surface area contributed by atoms with E-state index in [0.29, 0.717) is 11.8 Å². The second kappa shape index (κ2) is 20.3. The Bertz CT molecular complexity index is 8110. The van der Waals surface area contributed by atoms with Gasteiger partial charge in [-0.15, -0.1) is 0 Å². The first kappa shape index (κ1) is 55.5. The van der Waals surface area contributed by atoms with Gasteiger partial charge in [-0.25, -0.2) is 15.0 Å². The van der Waals surface area contributed by atoms with Crippen molar-refractivity contribution in [3.05, 3.63) is 322 Å². The van der Waals surface area contributed by atoms with Crippen LogP contribution in [0.1, 0.15) is 0 Å². The summed E-state index contributed by atoms with van der Waals surface area (Å²) in [4.78, 5) is 22.3. The molecule has 0 bridgehead atoms. The number of para-hydroxylation sites is 8. The van der Waals surface area contributed by atoms with Gasteiger partial charge in [-0.05, 0) is 141 Å². The summed E-state index contributed by atoms with van der Waals surface area (Å²) in [7, 11) is 0. The topological polar surface area (TPSA) is 75.2 Å². The highest BCUT2D eigenvalue weighted by Gasteiger charge is 2.30. The van der Waals surface area contributed by atoms with Gasteiger partial charge in [0.15, 0.2) is 11.6 Å². The lowest BCUT2D eigenvalue weighted by Crippen LogP contribution is -2.07. The summed E-state index contributed by atoms with van der Waals surface area (Å²) in [6.45, 7) is 0. The van der Waals surface area contributed by atoms with Gasteiger partial charge in [0, 0.05) is 91.7 Å². The van der Waals surface area contributed by atoms with E-state index in [-0.39, 0.29) is 0 Å². The lowest BCUT2D eigenvalue weighted by atomic mass is 9.95. The van der Waals surface area contributed by atoms with Gasteiger partial charge in [0.1, 0.15) is 5.82 Å². The van der Waals surface area contributed by atoms with Crippen molar-refractivity contribution in [3.8, 4) is 51.2 Å². The summed E-state index contributed by atoms with van der Waals surface area (Å²) in [6, 6.07) is 118. The Labute approximate surface area is 596 Å². The largest absolute Gasteiger partial charge is 0.308 e. The molecule has 0 aliphatic heterocycles. The zero-order valence-corrected chi connectivity index (χ0v) is 56.1. The monoisotopic (exact) mass is 1330 g/mol. The molecule has 25 aromatic rings. The normalized spacial score (nSPS) is 12.6. The molecule has 0 amide bonds. The molecule has 0 saturated carbocycles. The lowest BCUT2D eigenvalue weighted by Gasteiger charge is -2.14. The summed E-state index contributed by atoms with van der Waals surface area (Å²) >= 11 is 0. The SMILES string of the molecule is c1cc(-c2ccc(-c3nc(-n4c5ccc6ccccc6c5c5c6c7ccccc7n7c8ccccc8c(cc54)c67)c4ccccc4n3)cc2)cc(-c2ccc3c(ccc4c3c3c5c6ccccc6n6c7ccccc7c(cc3n4-c3nc(-n4c7ccccc7c7ccccc74)nc4ccccc34)c56)c2)c1. The minimum Gasteiger partial charge on any atom is -0.308 e. The fourth-order valence-corrected chi connectivity index (χ4v) is 18.7. The molecule has 25 rings (SSSR count). The quantitative estimate of drug-likeness (QED) is 0.166. The molecule has 0 N–H and O–H groups in total. The van der Waals surface area contributed by atoms with E-state index in [1.165, 1.54) is 114 Å². The molecular weight excluding hydrogens is 1280 g/mol. The molecule has 0 unspecified atom stereocenters. The smallest absolute Gasteiger partial charge is 0.237 e. The Balaban J connectivity index is 0.650. The molecule has 0 spiro atoms. The van der Waals surface area contributed by atoms with Gasteiger partial charge in [0.05, 0.1) is 77.2 Å². The molecule has 0 atom stereocenters. The Hall–Kier alpha value is -14.3. The average Bonchev–Trinajstić information content (AvgIpc) is 1.52. The highest BCUT2D eigenvalue weighted by Crippen LogP contribution is 2.52. The Morgan fingerprint density at radius 2 is 0.600 bits per heavy atom. The van der Waals surface area contributed by atoms with Crippen LogP contribution in [-0.4, -0.2) is 42.4 Å². The van der Waals surface area contributed by atoms with Crippen molar-refractivity contribution >= 4 is 185 Å². The van der Waals surface area contributed by atoms with Gasteiger partial charge in [0.2, 0.25) is 5.95 Å². The molecule has 9 heteroatoms. The molecule has 0 aliphatic rings. The molecule has 0 aliphatic carbocycles. The molecular formula is C96H53N9. The van der Waals surface area contributed by atoms with Crippen molar-refractivity contribution in [3.63, 3.8) is 0 Å². The fourth-order valence-electron chi connectivity index (χ4n) is 18.7. The molecule has 9 heterocycles. The van der Waals surface area contributed by atoms with E-state index in [0.717, 1.165) is 111 Å². The predicted octanol–water partition coefficient (Wildman–Crippen LogP) is 24.5. The Kier molecular flexibility index (Phi) is 10.7. The van der Waals surface area contributed by atoms with Crippen molar-refractivity contribution in [2.45, 2.75) is 0 Å². The summed E-state index contributed by atoms with van der Waals surface area (Å²) < 4.78 is 12.1. The van der Waals surface area contributed by atoms with E-state index >= 15 is 0 Å². The Morgan fingerprint density at radius 1 is 0.190 bits per heavy atom. The van der Waals surface area contributed by atoms with Crippen LogP contribution < -0.4 is 0 Å². The minimum absolute atomic E-state index is 0.623. The van der Waals surface area contributed by atoms with Crippen LogP contribution in [0.4, 0.5) is 0 Å². The average molecular weight is 1330 g/mol. The fraction of sp³-hybridized carbons (Fsp3) is 0. The number of benzene rings is 16. The number of fused-ring (bicyclic) bond motifs is 29. The van der Waals surface area contributed by atoms with Crippen LogP contribution in [-0.2, 0) is 0 Å². The first-order chi connectivity index (χ1) is 52.1. The molecule has 0 saturated heterocycles. The molecule has 9 aromatic heterocycles. The summed E-state index contributed by atoms with van der Waals surface area (Å²) in [6.07, 6.45) is 0. The van der Waals surface area contributed by atoms with E-state index in [9.17, 15) is 0 Å². The zero-order valence-electron chi connectivity index (χ0n) is 56.1. The number of hydrogen-bond donors (Lipinski definition) is 0. The van der Waals surface area contributed by atoms with Gasteiger partial charge in [-0.2, -0.15) is 4.98 Å². The van der Waals surface area contributed by atoms with Gasteiger partial charge in [-0.3, -0.25) is 13.7 Å². The predicted molar refractivity (Wildman–Crippen MR) is 436 cm³/mol. The zero-order chi connectivity index (χ0) is 68.0. The third kappa shape index (κ3) is 7.29. The minimum atomic E-state index is 0.623. The third-order valence-electron chi connectivity index (χ3n) is 23.1. The maximum atomic E-state index is 5.79. The van der Waals surface area contributed by atoms with Gasteiger partial charge in [-0.1, -0.05) is 224 Å². The van der Waals surface area contributed by atoms with E-state index < -0.39 is 0 Å². The second-order valence-corrected chi connectivity index (χ2v) is 28.4. The number of rotatable bonds is 6. The highest BCUT2D eigenvalue weighted by atomic mass is 15.2. The van der Waals surface area contributed by atoms with Gasteiger partial charge >= 0.3 is 0 Å². The van der Waals surface area contributed by atoms with Crippen molar-refractivity contribution < 1.29 is 0 Å². The van der Waals surface area contributed by atoms with E-state index in [4.69, 9.17) is 19.9 Å². The first-order valence-corrected chi connectivity index (χ1v) is 35.9. The van der Waals surface area contributed by atoms with Crippen LogP contribution in [0, 0.1) is 0 Å². The van der Waals surface area contributed by atoms with Gasteiger partial charge < -0.3 is 8.80 Å². The van der Waals surface area contributed by atoms with Crippen LogP contribution in [0.5, 0.6) is 0 Å². The van der Waals surface area contributed by atoms with Crippen LogP contribution >= 0.6 is 0 Å². The van der Waals surface area contributed by atoms with Crippen LogP contribution in [0.3, 0.4) is 0 Å². The van der Waals surface area contributed by atoms with Crippen molar-refractivity contribution in [2.24, 2.45) is 0 Å². The molecule has 16 aromatic carbocycles. The second-order valence-electron chi connectivity index (χ2n) is 28.4. The number of hydrogen-bond acceptors (Lipinski definition) is 4. The Morgan fingerprint density at radius 3 is 1.17 bits per heavy atom. The number of aromatic nitrogens is 9. The highest BCUT2D eigenvalue weighted by molar-refractivity contribution is 6.40. The molecule has 0 fully saturated rings. The molecule has 105 heavy (non-hydrogen) atoms. The summed E-state index contributed by atoms with van der Waals surface area (Å²) in [5.74, 6) is 2.97.